The summed E-state index contributed by atoms with van der Waals surface area (Å²) in [7, 11) is 0. The minimum absolute atomic E-state index is 0.148. The lowest BCUT2D eigenvalue weighted by molar-refractivity contribution is -0.460. The Balaban J connectivity index is 2.93. The van der Waals surface area contributed by atoms with Crippen molar-refractivity contribution >= 4 is 23.0 Å². The first kappa shape index (κ1) is 14.4. The fourth-order valence-corrected chi connectivity index (χ4v) is 1.45. The van der Waals surface area contributed by atoms with E-state index in [0.29, 0.717) is 9.88 Å². The fourth-order valence-electron chi connectivity index (χ4n) is 1.26. The van der Waals surface area contributed by atoms with Crippen molar-refractivity contribution in [3.05, 3.63) is 46.3 Å². The molecule has 0 aliphatic carbocycles. The van der Waals surface area contributed by atoms with Crippen molar-refractivity contribution < 1.29 is 9.66 Å². The first-order chi connectivity index (χ1) is 8.40. The van der Waals surface area contributed by atoms with Crippen molar-refractivity contribution in [1.29, 1.82) is 0 Å². The molecule has 0 amide bonds. The van der Waals surface area contributed by atoms with Crippen LogP contribution in [0.1, 0.15) is 26.3 Å². The van der Waals surface area contributed by atoms with E-state index in [9.17, 15) is 10.0 Å². The number of carbonyl (C=O) groups excluding carboxylic acids is 1. The van der Waals surface area contributed by atoms with Gasteiger partial charge in [0, 0.05) is 10.6 Å². The van der Waals surface area contributed by atoms with Gasteiger partial charge in [-0.25, -0.2) is 0 Å². The third-order valence-electron chi connectivity index (χ3n) is 2.46. The Morgan fingerprint density at radius 1 is 1.50 bits per heavy atom. The number of carbonyl (C=O) groups is 1. The van der Waals surface area contributed by atoms with Crippen LogP contribution >= 0.6 is 11.6 Å². The molecular formula is C13H15ClN2O2. The predicted octanol–water partition coefficient (Wildman–Crippen LogP) is 3.64. The molecule has 0 saturated heterocycles. The van der Waals surface area contributed by atoms with E-state index >= 15 is 0 Å². The van der Waals surface area contributed by atoms with Gasteiger partial charge in [-0.3, -0.25) is 4.79 Å². The average molecular weight is 267 g/mol. The molecule has 18 heavy (non-hydrogen) atoms. The number of nitrogens with zero attached hydrogens (tertiary/aromatic N) is 2. The number of hydrogen-bond acceptors (Lipinski definition) is 3. The van der Waals surface area contributed by atoms with Gasteiger partial charge >= 0.3 is 0 Å². The highest BCUT2D eigenvalue weighted by Crippen LogP contribution is 2.18. The molecule has 0 aliphatic rings. The van der Waals surface area contributed by atoms with Crippen molar-refractivity contribution in [2.45, 2.75) is 26.8 Å². The Morgan fingerprint density at radius 3 is 2.72 bits per heavy atom. The molecular weight excluding hydrogens is 252 g/mol. The highest BCUT2D eigenvalue weighted by molar-refractivity contribution is 6.30. The second-order valence-corrected chi connectivity index (χ2v) is 4.46. The molecule has 1 atom stereocenters. The molecule has 5 heteroatoms. The molecule has 0 aliphatic heterocycles. The molecule has 1 rings (SSSR count). The van der Waals surface area contributed by atoms with Crippen molar-refractivity contribution in [1.82, 2.24) is 0 Å². The maximum absolute atomic E-state index is 11.5. The lowest BCUT2D eigenvalue weighted by Gasteiger charge is -2.02. The summed E-state index contributed by atoms with van der Waals surface area (Å²) in [4.78, 5) is 11.4. The molecule has 1 aromatic rings. The van der Waals surface area contributed by atoms with Crippen molar-refractivity contribution in [3.8, 4) is 0 Å². The minimum atomic E-state index is -0.633. The van der Waals surface area contributed by atoms with Crippen LogP contribution < -0.4 is 0 Å². The van der Waals surface area contributed by atoms with E-state index in [1.165, 1.54) is 13.1 Å². The number of azo groups is 1. The van der Waals surface area contributed by atoms with Gasteiger partial charge in [0.05, 0.1) is 0 Å². The van der Waals surface area contributed by atoms with E-state index in [4.69, 9.17) is 11.6 Å². The van der Waals surface area contributed by atoms with Gasteiger partial charge in [0.15, 0.2) is 11.8 Å². The summed E-state index contributed by atoms with van der Waals surface area (Å²) >= 11 is 5.86. The monoisotopic (exact) mass is 266 g/mol. The molecule has 0 fully saturated rings. The van der Waals surface area contributed by atoms with Gasteiger partial charge in [0.1, 0.15) is 0 Å². The topological polar surface area (TPSA) is 55.5 Å². The Kier molecular flexibility index (Phi) is 5.04. The van der Waals surface area contributed by atoms with Gasteiger partial charge in [-0.2, -0.15) is 0 Å². The number of allylic oxidation sites excluding steroid dienone is 1. The fraction of sp³-hybridized carbons (Fsp3) is 0.308. The van der Waals surface area contributed by atoms with E-state index in [2.05, 4.69) is 5.11 Å². The molecule has 0 spiro atoms. The Bertz CT molecular complexity index is 509. The maximum Gasteiger partial charge on any atom is 0.212 e. The Hall–Kier alpha value is -1.68. The smallest absolute Gasteiger partial charge is 0.212 e. The molecule has 4 nitrogen and oxygen atoms in total. The van der Waals surface area contributed by atoms with Crippen LogP contribution in [0.3, 0.4) is 0 Å². The van der Waals surface area contributed by atoms with Crippen LogP contribution in [-0.2, 0) is 4.79 Å². The molecule has 0 radical (unpaired) electrons. The highest BCUT2D eigenvalue weighted by Gasteiger charge is 2.09. The van der Waals surface area contributed by atoms with Crippen LogP contribution in [0, 0.1) is 5.21 Å². The lowest BCUT2D eigenvalue weighted by Crippen LogP contribution is -2.12. The number of ketones is 1. The van der Waals surface area contributed by atoms with Crippen LogP contribution in [0.15, 0.2) is 35.6 Å². The van der Waals surface area contributed by atoms with Gasteiger partial charge in [-0.15, -0.1) is 0 Å². The number of halogens is 1. The van der Waals surface area contributed by atoms with Crippen molar-refractivity contribution in [3.63, 3.8) is 0 Å². The Labute approximate surface area is 111 Å². The number of Topliss-reactive ketones (excluding diaryl/α,β-unsaturated/α-hetero) is 1. The predicted molar refractivity (Wildman–Crippen MR) is 71.3 cm³/mol. The highest BCUT2D eigenvalue weighted by atomic mass is 35.5. The summed E-state index contributed by atoms with van der Waals surface area (Å²) in [6, 6.07) is 6.54. The zero-order valence-electron chi connectivity index (χ0n) is 10.6. The molecule has 0 saturated carbocycles. The van der Waals surface area contributed by atoms with Gasteiger partial charge in [-0.1, -0.05) is 28.6 Å². The Morgan fingerprint density at radius 2 is 2.17 bits per heavy atom. The number of benzene rings is 1. The normalized spacial score (nSPS) is 14.4. The third-order valence-corrected chi connectivity index (χ3v) is 2.69. The van der Waals surface area contributed by atoms with Gasteiger partial charge in [0.25, 0.3) is 0 Å². The summed E-state index contributed by atoms with van der Waals surface area (Å²) in [5.74, 6) is -0.148. The van der Waals surface area contributed by atoms with Crippen molar-refractivity contribution in [2.24, 2.45) is 5.11 Å². The number of hydroxylamine groups is 1. The average Bonchev–Trinajstić information content (AvgIpc) is 2.28. The SMILES string of the molecule is CC(=O)[C@H](C)N=[N+]([O-])/C=C(\C)c1cccc(Cl)c1. The van der Waals surface area contributed by atoms with E-state index in [0.717, 1.165) is 11.1 Å². The van der Waals surface area contributed by atoms with E-state index in [1.807, 2.05) is 6.07 Å². The second kappa shape index (κ2) is 6.31. The van der Waals surface area contributed by atoms with Gasteiger partial charge < -0.3 is 5.21 Å². The molecule has 0 aromatic heterocycles. The molecule has 96 valence electrons. The van der Waals surface area contributed by atoms with E-state index in [1.54, 1.807) is 32.0 Å². The van der Waals surface area contributed by atoms with Crippen LogP contribution in [0.2, 0.25) is 5.02 Å². The van der Waals surface area contributed by atoms with Crippen LogP contribution in [0.5, 0.6) is 0 Å². The molecule has 0 bridgehead atoms. The molecule has 0 heterocycles. The van der Waals surface area contributed by atoms with Crippen LogP contribution in [-0.4, -0.2) is 16.7 Å². The maximum atomic E-state index is 11.5. The van der Waals surface area contributed by atoms with Crippen LogP contribution in [0.25, 0.3) is 5.57 Å². The number of hydrogen-bond donors (Lipinski definition) is 0. The summed E-state index contributed by atoms with van der Waals surface area (Å²) in [6.07, 6.45) is 1.32. The summed E-state index contributed by atoms with van der Waals surface area (Å²) in [5, 5.41) is 15.8. The quantitative estimate of drug-likeness (QED) is 0.475. The number of rotatable bonds is 4. The first-order valence-electron chi connectivity index (χ1n) is 5.52. The zero-order valence-corrected chi connectivity index (χ0v) is 11.3. The summed E-state index contributed by atoms with van der Waals surface area (Å²) in [6.45, 7) is 4.76. The largest absolute Gasteiger partial charge is 0.595 e. The standard InChI is InChI=1S/C13H15ClN2O2/c1-9(12-5-4-6-13(14)7-12)8-16(18)15-10(2)11(3)17/h4-8,10H,1-3H3/b9-8+,16-15?/t10-/m0/s1. The van der Waals surface area contributed by atoms with Crippen molar-refractivity contribution in [2.75, 3.05) is 0 Å². The zero-order chi connectivity index (χ0) is 13.7. The summed E-state index contributed by atoms with van der Waals surface area (Å²) < 4.78 is 0. The molecule has 1 aromatic carbocycles. The van der Waals surface area contributed by atoms with Crippen LogP contribution in [0.4, 0.5) is 0 Å². The van der Waals surface area contributed by atoms with Gasteiger partial charge in [0.2, 0.25) is 6.20 Å². The first-order valence-corrected chi connectivity index (χ1v) is 5.90. The van der Waals surface area contributed by atoms with Gasteiger partial charge in [-0.05, 0) is 43.6 Å². The van der Waals surface area contributed by atoms with E-state index < -0.39 is 6.04 Å². The second-order valence-electron chi connectivity index (χ2n) is 4.03. The minimum Gasteiger partial charge on any atom is -0.595 e. The van der Waals surface area contributed by atoms with E-state index in [-0.39, 0.29) is 5.78 Å². The third kappa shape index (κ3) is 4.30. The molecule has 0 unspecified atom stereocenters. The lowest BCUT2D eigenvalue weighted by atomic mass is 10.1. The summed E-state index contributed by atoms with van der Waals surface area (Å²) in [5.41, 5.74) is 1.57. The molecule has 0 N–H and O–H groups in total.